The first kappa shape index (κ1) is 24.8. The molecule has 0 radical (unpaired) electrons. The molecule has 0 amide bonds. The Morgan fingerprint density at radius 3 is 1.36 bits per heavy atom. The number of nitrogens with two attached hydrogens (primary N) is 2. The van der Waals surface area contributed by atoms with Crippen molar-refractivity contribution in [3.05, 3.63) is 23.3 Å². The van der Waals surface area contributed by atoms with Gasteiger partial charge in [-0.05, 0) is 18.9 Å². The van der Waals surface area contributed by atoms with Crippen LogP contribution in [-0.4, -0.2) is 13.2 Å². The predicted molar refractivity (Wildman–Crippen MR) is 120 cm³/mol. The van der Waals surface area contributed by atoms with Crippen molar-refractivity contribution in [2.24, 2.45) is 11.5 Å². The number of benzene rings is 1. The lowest BCUT2D eigenvalue weighted by atomic mass is 10.1. The normalized spacial score (nSPS) is 11.0. The van der Waals surface area contributed by atoms with Crippen LogP contribution in [0.2, 0.25) is 0 Å². The molecule has 4 heteroatoms. The molecule has 1 rings (SSSR count). The number of ether oxygens (including phenoxy) is 2. The third-order valence-electron chi connectivity index (χ3n) is 5.19. The lowest BCUT2D eigenvalue weighted by Gasteiger charge is -2.16. The van der Waals surface area contributed by atoms with Crippen molar-refractivity contribution in [3.63, 3.8) is 0 Å². The lowest BCUT2D eigenvalue weighted by Crippen LogP contribution is -2.09. The highest BCUT2D eigenvalue weighted by Gasteiger charge is 2.11. The van der Waals surface area contributed by atoms with E-state index in [1.165, 1.54) is 64.2 Å². The van der Waals surface area contributed by atoms with E-state index in [2.05, 4.69) is 13.8 Å². The summed E-state index contributed by atoms with van der Waals surface area (Å²) in [5.74, 6) is 1.71. The minimum absolute atomic E-state index is 0.455. The Balaban J connectivity index is 2.48. The van der Waals surface area contributed by atoms with Gasteiger partial charge in [0.25, 0.3) is 0 Å². The Hall–Kier alpha value is -1.26. The summed E-state index contributed by atoms with van der Waals surface area (Å²) in [6.07, 6.45) is 15.1. The van der Waals surface area contributed by atoms with Crippen LogP contribution in [0.4, 0.5) is 0 Å². The summed E-state index contributed by atoms with van der Waals surface area (Å²) in [5.41, 5.74) is 13.9. The Kier molecular flexibility index (Phi) is 14.8. The van der Waals surface area contributed by atoms with Crippen LogP contribution < -0.4 is 20.9 Å². The molecule has 4 nitrogen and oxygen atoms in total. The van der Waals surface area contributed by atoms with Crippen LogP contribution in [-0.2, 0) is 13.1 Å². The van der Waals surface area contributed by atoms with Gasteiger partial charge in [0, 0.05) is 30.3 Å². The van der Waals surface area contributed by atoms with Crippen molar-refractivity contribution in [2.45, 2.75) is 104 Å². The highest BCUT2D eigenvalue weighted by atomic mass is 16.5. The summed E-state index contributed by atoms with van der Waals surface area (Å²) < 4.78 is 12.1. The Morgan fingerprint density at radius 1 is 0.571 bits per heavy atom. The molecule has 0 heterocycles. The number of hydrogen-bond donors (Lipinski definition) is 2. The van der Waals surface area contributed by atoms with Crippen LogP contribution >= 0.6 is 0 Å². The van der Waals surface area contributed by atoms with E-state index in [1.54, 1.807) is 0 Å². The molecular weight excluding hydrogens is 348 g/mol. The van der Waals surface area contributed by atoms with Gasteiger partial charge in [-0.3, -0.25) is 0 Å². The maximum absolute atomic E-state index is 6.05. The zero-order chi connectivity index (χ0) is 20.5. The van der Waals surface area contributed by atoms with Crippen LogP contribution in [0.3, 0.4) is 0 Å². The lowest BCUT2D eigenvalue weighted by molar-refractivity contribution is 0.286. The van der Waals surface area contributed by atoms with Gasteiger partial charge < -0.3 is 20.9 Å². The van der Waals surface area contributed by atoms with E-state index in [9.17, 15) is 0 Å². The second kappa shape index (κ2) is 16.7. The predicted octanol–water partition coefficient (Wildman–Crippen LogP) is 6.08. The van der Waals surface area contributed by atoms with Crippen molar-refractivity contribution < 1.29 is 9.47 Å². The van der Waals surface area contributed by atoms with Gasteiger partial charge in [-0.1, -0.05) is 78.1 Å². The van der Waals surface area contributed by atoms with Gasteiger partial charge >= 0.3 is 0 Å². The van der Waals surface area contributed by atoms with E-state index >= 15 is 0 Å². The molecule has 0 aliphatic carbocycles. The first-order chi connectivity index (χ1) is 13.8. The molecule has 1 aromatic rings. The topological polar surface area (TPSA) is 70.5 Å². The Morgan fingerprint density at radius 2 is 0.964 bits per heavy atom. The quantitative estimate of drug-likeness (QED) is 0.297. The monoisotopic (exact) mass is 392 g/mol. The Labute approximate surface area is 173 Å². The molecule has 0 unspecified atom stereocenters. The first-order valence-corrected chi connectivity index (χ1v) is 11.6. The van der Waals surface area contributed by atoms with Crippen LogP contribution in [0.1, 0.15) is 102 Å². The van der Waals surface area contributed by atoms with E-state index in [0.717, 1.165) is 48.7 Å². The van der Waals surface area contributed by atoms with E-state index in [1.807, 2.05) is 12.1 Å². The van der Waals surface area contributed by atoms with Crippen LogP contribution in [0.5, 0.6) is 11.5 Å². The fourth-order valence-electron chi connectivity index (χ4n) is 3.37. The fourth-order valence-corrected chi connectivity index (χ4v) is 3.37. The third-order valence-corrected chi connectivity index (χ3v) is 5.19. The van der Waals surface area contributed by atoms with Crippen LogP contribution in [0.15, 0.2) is 12.1 Å². The van der Waals surface area contributed by atoms with Gasteiger partial charge in [0.15, 0.2) is 0 Å². The van der Waals surface area contributed by atoms with Gasteiger partial charge in [0.2, 0.25) is 0 Å². The summed E-state index contributed by atoms with van der Waals surface area (Å²) in [5, 5.41) is 0. The molecule has 0 aliphatic rings. The average Bonchev–Trinajstić information content (AvgIpc) is 2.72. The van der Waals surface area contributed by atoms with Gasteiger partial charge in [0.05, 0.1) is 13.2 Å². The van der Waals surface area contributed by atoms with Crippen molar-refractivity contribution in [2.75, 3.05) is 13.2 Å². The number of hydrogen-bond acceptors (Lipinski definition) is 4. The zero-order valence-electron chi connectivity index (χ0n) is 18.4. The smallest absolute Gasteiger partial charge is 0.127 e. The van der Waals surface area contributed by atoms with E-state index in [-0.39, 0.29) is 0 Å². The summed E-state index contributed by atoms with van der Waals surface area (Å²) in [6.45, 7) is 6.87. The fraction of sp³-hybridized carbons (Fsp3) is 0.750. The minimum atomic E-state index is 0.455. The molecule has 0 fully saturated rings. The van der Waals surface area contributed by atoms with Gasteiger partial charge in [0.1, 0.15) is 11.5 Å². The standard InChI is InChI=1S/C24H44N2O2/c1-3-5-7-9-11-13-15-27-23-18-24(22(20-26)17-21(23)19-25)28-16-14-12-10-8-6-4-2/h17-18H,3-16,19-20,25-26H2,1-2H3. The van der Waals surface area contributed by atoms with Gasteiger partial charge in [-0.2, -0.15) is 0 Å². The highest BCUT2D eigenvalue weighted by Crippen LogP contribution is 2.29. The van der Waals surface area contributed by atoms with Crippen molar-refractivity contribution in [1.82, 2.24) is 0 Å². The molecular formula is C24H44N2O2. The van der Waals surface area contributed by atoms with Crippen molar-refractivity contribution in [3.8, 4) is 11.5 Å². The summed E-state index contributed by atoms with van der Waals surface area (Å²) in [4.78, 5) is 0. The summed E-state index contributed by atoms with van der Waals surface area (Å²) in [7, 11) is 0. The molecule has 0 spiro atoms. The molecule has 0 bridgehead atoms. The second-order valence-electron chi connectivity index (χ2n) is 7.71. The SMILES string of the molecule is CCCCCCCCOc1cc(OCCCCCCCC)c(CN)cc1CN. The maximum Gasteiger partial charge on any atom is 0.127 e. The molecule has 0 atom stereocenters. The largest absolute Gasteiger partial charge is 0.493 e. The van der Waals surface area contributed by atoms with Crippen molar-refractivity contribution in [1.29, 1.82) is 0 Å². The molecule has 0 saturated carbocycles. The molecule has 1 aromatic carbocycles. The Bertz CT molecular complexity index is 464. The molecule has 0 saturated heterocycles. The summed E-state index contributed by atoms with van der Waals surface area (Å²) >= 11 is 0. The number of unbranched alkanes of at least 4 members (excludes halogenated alkanes) is 10. The molecule has 28 heavy (non-hydrogen) atoms. The van der Waals surface area contributed by atoms with Gasteiger partial charge in [-0.25, -0.2) is 0 Å². The first-order valence-electron chi connectivity index (χ1n) is 11.6. The average molecular weight is 393 g/mol. The van der Waals surface area contributed by atoms with Crippen molar-refractivity contribution >= 4 is 0 Å². The second-order valence-corrected chi connectivity index (χ2v) is 7.71. The molecule has 4 N–H and O–H groups in total. The van der Waals surface area contributed by atoms with E-state index in [0.29, 0.717) is 13.1 Å². The van der Waals surface area contributed by atoms with Crippen LogP contribution in [0.25, 0.3) is 0 Å². The minimum Gasteiger partial charge on any atom is -0.493 e. The van der Waals surface area contributed by atoms with E-state index in [4.69, 9.17) is 20.9 Å². The zero-order valence-corrected chi connectivity index (χ0v) is 18.4. The molecule has 0 aliphatic heterocycles. The van der Waals surface area contributed by atoms with Crippen LogP contribution in [0, 0.1) is 0 Å². The van der Waals surface area contributed by atoms with Gasteiger partial charge in [-0.15, -0.1) is 0 Å². The summed E-state index contributed by atoms with van der Waals surface area (Å²) in [6, 6.07) is 4.05. The third kappa shape index (κ3) is 10.3. The maximum atomic E-state index is 6.05. The highest BCUT2D eigenvalue weighted by molar-refractivity contribution is 5.46. The number of rotatable bonds is 18. The van der Waals surface area contributed by atoms with E-state index < -0.39 is 0 Å². The molecule has 0 aromatic heterocycles. The molecule has 162 valence electrons.